The van der Waals surface area contributed by atoms with Gasteiger partial charge in [-0.3, -0.25) is 4.99 Å². The number of nitrogens with zero attached hydrogens (tertiary/aromatic N) is 8. The van der Waals surface area contributed by atoms with Crippen molar-refractivity contribution in [2.45, 2.75) is 31.6 Å². The van der Waals surface area contributed by atoms with Crippen molar-refractivity contribution in [3.8, 4) is 11.7 Å². The summed E-state index contributed by atoms with van der Waals surface area (Å²) in [5.74, 6) is 2.45. The second kappa shape index (κ2) is 6.69. The first-order chi connectivity index (χ1) is 15.2. The largest absolute Gasteiger partial charge is 0.418 e. The van der Waals surface area contributed by atoms with E-state index < -0.39 is 0 Å². The molecule has 2 aliphatic rings. The first kappa shape index (κ1) is 18.2. The van der Waals surface area contributed by atoms with E-state index in [1.807, 2.05) is 24.6 Å². The van der Waals surface area contributed by atoms with Crippen LogP contribution in [0.5, 0.6) is 0 Å². The van der Waals surface area contributed by atoms with Crippen molar-refractivity contribution in [1.82, 2.24) is 29.7 Å². The van der Waals surface area contributed by atoms with Crippen LogP contribution in [-0.2, 0) is 18.9 Å². The molecule has 0 radical (unpaired) electrons. The predicted molar refractivity (Wildman–Crippen MR) is 117 cm³/mol. The molecule has 0 saturated carbocycles. The van der Waals surface area contributed by atoms with Gasteiger partial charge in [-0.1, -0.05) is 25.1 Å². The SMILES string of the molecule is CCc1nnc(-c2nc3c(N4CCC5(C=Nc6ccccc65)CC4)ncnc3n2C)o1. The number of piperidine rings is 1. The van der Waals surface area contributed by atoms with E-state index in [-0.39, 0.29) is 5.41 Å². The zero-order valence-corrected chi connectivity index (χ0v) is 17.5. The molecular weight excluding hydrogens is 392 g/mol. The summed E-state index contributed by atoms with van der Waals surface area (Å²) in [6.45, 7) is 3.73. The van der Waals surface area contributed by atoms with Gasteiger partial charge in [-0.05, 0) is 24.5 Å². The number of hydrogen-bond donors (Lipinski definition) is 0. The molecule has 1 saturated heterocycles. The van der Waals surface area contributed by atoms with E-state index in [0.29, 0.717) is 24.0 Å². The van der Waals surface area contributed by atoms with Crippen LogP contribution < -0.4 is 4.90 Å². The summed E-state index contributed by atoms with van der Waals surface area (Å²) in [6.07, 6.45) is 6.41. The Kier molecular flexibility index (Phi) is 3.92. The number of aromatic nitrogens is 6. The third-order valence-electron chi connectivity index (χ3n) is 6.44. The Balaban J connectivity index is 1.33. The van der Waals surface area contributed by atoms with Gasteiger partial charge in [0.25, 0.3) is 5.89 Å². The lowest BCUT2D eigenvalue weighted by atomic mass is 9.74. The van der Waals surface area contributed by atoms with E-state index >= 15 is 0 Å². The molecule has 6 rings (SSSR count). The van der Waals surface area contributed by atoms with Crippen molar-refractivity contribution in [3.05, 3.63) is 42.0 Å². The number of aliphatic imine (C=N–C) groups is 1. The summed E-state index contributed by atoms with van der Waals surface area (Å²) < 4.78 is 7.62. The fourth-order valence-corrected chi connectivity index (χ4v) is 4.68. The average Bonchev–Trinajstić information content (AvgIpc) is 3.51. The molecular formula is C22H22N8O. The fourth-order valence-electron chi connectivity index (χ4n) is 4.68. The zero-order valence-electron chi connectivity index (χ0n) is 17.5. The van der Waals surface area contributed by atoms with Crippen molar-refractivity contribution >= 4 is 28.9 Å². The van der Waals surface area contributed by atoms with Gasteiger partial charge in [0, 0.05) is 38.2 Å². The summed E-state index contributed by atoms with van der Waals surface area (Å²) >= 11 is 0. The van der Waals surface area contributed by atoms with Crippen LogP contribution in [0.1, 0.15) is 31.2 Å². The van der Waals surface area contributed by atoms with Crippen LogP contribution >= 0.6 is 0 Å². The zero-order chi connectivity index (χ0) is 21.0. The highest BCUT2D eigenvalue weighted by molar-refractivity contribution is 5.88. The first-order valence-corrected chi connectivity index (χ1v) is 10.6. The Hall–Kier alpha value is -3.62. The van der Waals surface area contributed by atoms with Gasteiger partial charge in [0.2, 0.25) is 11.7 Å². The van der Waals surface area contributed by atoms with Crippen LogP contribution in [0.4, 0.5) is 11.5 Å². The number of anilines is 1. The summed E-state index contributed by atoms with van der Waals surface area (Å²) in [4.78, 5) is 20.8. The molecule has 0 unspecified atom stereocenters. The second-order valence-corrected chi connectivity index (χ2v) is 8.14. The summed E-state index contributed by atoms with van der Waals surface area (Å²) in [5.41, 5.74) is 3.97. The van der Waals surface area contributed by atoms with Crippen LogP contribution in [0.3, 0.4) is 0 Å². The molecule has 4 aromatic rings. The average molecular weight is 414 g/mol. The maximum Gasteiger partial charge on any atom is 0.284 e. The maximum absolute atomic E-state index is 5.73. The quantitative estimate of drug-likeness (QED) is 0.507. The number of para-hydroxylation sites is 1. The molecule has 156 valence electrons. The van der Waals surface area contributed by atoms with Crippen molar-refractivity contribution < 1.29 is 4.42 Å². The highest BCUT2D eigenvalue weighted by Gasteiger charge is 2.40. The number of aryl methyl sites for hydroxylation is 2. The number of benzene rings is 1. The fraction of sp³-hybridized carbons (Fsp3) is 0.364. The Morgan fingerprint density at radius 2 is 1.94 bits per heavy atom. The van der Waals surface area contributed by atoms with Crippen molar-refractivity contribution in [1.29, 1.82) is 0 Å². The standard InChI is InChI=1S/C22H22N8O/c1-3-16-27-28-21(31-16)20-26-17-18(29(20)2)24-13-25-19(17)30-10-8-22(9-11-30)12-23-15-7-5-4-6-14(15)22/h4-7,12-13H,3,8-11H2,1-2H3. The molecule has 2 aliphatic heterocycles. The Morgan fingerprint density at radius 1 is 1.10 bits per heavy atom. The molecule has 9 nitrogen and oxygen atoms in total. The number of fused-ring (bicyclic) bond motifs is 3. The van der Waals surface area contributed by atoms with Crippen LogP contribution in [0.2, 0.25) is 0 Å². The van der Waals surface area contributed by atoms with Gasteiger partial charge in [0.1, 0.15) is 6.33 Å². The van der Waals surface area contributed by atoms with Gasteiger partial charge in [-0.15, -0.1) is 10.2 Å². The maximum atomic E-state index is 5.73. The Morgan fingerprint density at radius 3 is 2.74 bits per heavy atom. The first-order valence-electron chi connectivity index (χ1n) is 10.6. The molecule has 9 heteroatoms. The lowest BCUT2D eigenvalue weighted by molar-refractivity contribution is 0.444. The molecule has 3 aromatic heterocycles. The van der Waals surface area contributed by atoms with Gasteiger partial charge in [0.15, 0.2) is 17.0 Å². The second-order valence-electron chi connectivity index (χ2n) is 8.14. The predicted octanol–water partition coefficient (Wildman–Crippen LogP) is 3.23. The molecule has 0 aliphatic carbocycles. The minimum Gasteiger partial charge on any atom is -0.418 e. The Bertz CT molecular complexity index is 1310. The lowest BCUT2D eigenvalue weighted by Gasteiger charge is -2.38. The van der Waals surface area contributed by atoms with Crippen LogP contribution in [0.25, 0.3) is 22.9 Å². The molecule has 0 amide bonds. The van der Waals surface area contributed by atoms with E-state index in [2.05, 4.69) is 54.5 Å². The van der Waals surface area contributed by atoms with Crippen molar-refractivity contribution in [3.63, 3.8) is 0 Å². The van der Waals surface area contributed by atoms with E-state index in [1.54, 1.807) is 6.33 Å². The van der Waals surface area contributed by atoms with Gasteiger partial charge < -0.3 is 13.9 Å². The van der Waals surface area contributed by atoms with Crippen molar-refractivity contribution in [2.24, 2.45) is 12.0 Å². The number of imidazole rings is 1. The lowest BCUT2D eigenvalue weighted by Crippen LogP contribution is -2.43. The summed E-state index contributed by atoms with van der Waals surface area (Å²) in [7, 11) is 1.91. The smallest absolute Gasteiger partial charge is 0.284 e. The van der Waals surface area contributed by atoms with Crippen LogP contribution in [-0.4, -0.2) is 49.0 Å². The topological polar surface area (TPSA) is 98.1 Å². The molecule has 0 bridgehead atoms. The normalized spacial score (nSPS) is 17.0. The minimum atomic E-state index is 0.0226. The van der Waals surface area contributed by atoms with Gasteiger partial charge in [-0.2, -0.15) is 0 Å². The Labute approximate surface area is 178 Å². The van der Waals surface area contributed by atoms with E-state index in [0.717, 1.165) is 48.6 Å². The van der Waals surface area contributed by atoms with E-state index in [1.165, 1.54) is 5.56 Å². The molecule has 0 N–H and O–H groups in total. The van der Waals surface area contributed by atoms with E-state index in [4.69, 9.17) is 9.40 Å². The molecule has 1 fully saturated rings. The van der Waals surface area contributed by atoms with Gasteiger partial charge in [0.05, 0.1) is 5.69 Å². The molecule has 0 atom stereocenters. The minimum absolute atomic E-state index is 0.0226. The van der Waals surface area contributed by atoms with Crippen LogP contribution in [0, 0.1) is 0 Å². The summed E-state index contributed by atoms with van der Waals surface area (Å²) in [6, 6.07) is 8.46. The van der Waals surface area contributed by atoms with E-state index in [9.17, 15) is 0 Å². The third-order valence-corrected chi connectivity index (χ3v) is 6.44. The third kappa shape index (κ3) is 2.69. The number of rotatable bonds is 3. The molecule has 5 heterocycles. The van der Waals surface area contributed by atoms with Gasteiger partial charge >= 0.3 is 0 Å². The van der Waals surface area contributed by atoms with Gasteiger partial charge in [-0.25, -0.2) is 15.0 Å². The van der Waals surface area contributed by atoms with Crippen molar-refractivity contribution in [2.75, 3.05) is 18.0 Å². The molecule has 1 spiro atoms. The molecule has 1 aromatic carbocycles. The number of hydrogen-bond acceptors (Lipinski definition) is 8. The highest BCUT2D eigenvalue weighted by atomic mass is 16.4. The monoisotopic (exact) mass is 414 g/mol. The molecule has 31 heavy (non-hydrogen) atoms. The summed E-state index contributed by atoms with van der Waals surface area (Å²) in [5, 5.41) is 8.21. The van der Waals surface area contributed by atoms with Crippen LogP contribution in [0.15, 0.2) is 40.0 Å². The highest BCUT2D eigenvalue weighted by Crippen LogP contribution is 2.44.